The number of carbonyl (C=O) groups is 1. The maximum absolute atomic E-state index is 11.7. The van der Waals surface area contributed by atoms with E-state index in [0.717, 1.165) is 56.4 Å². The molecule has 2 fully saturated rings. The molecule has 3 heterocycles. The van der Waals surface area contributed by atoms with Gasteiger partial charge in [0, 0.05) is 31.9 Å². The summed E-state index contributed by atoms with van der Waals surface area (Å²) in [7, 11) is 0. The van der Waals surface area contributed by atoms with Crippen LogP contribution in [0.25, 0.3) is 0 Å². The first kappa shape index (κ1) is 20.1. The van der Waals surface area contributed by atoms with E-state index in [4.69, 9.17) is 0 Å². The molecule has 1 atom stereocenters. The molecule has 1 amide bonds. The average Bonchev–Trinajstić information content (AvgIpc) is 3.13. The molecule has 0 aliphatic carbocycles. The summed E-state index contributed by atoms with van der Waals surface area (Å²) in [5.41, 5.74) is 0. The van der Waals surface area contributed by atoms with Gasteiger partial charge in [0.25, 0.3) is 0 Å². The van der Waals surface area contributed by atoms with Gasteiger partial charge in [0.1, 0.15) is 5.82 Å². The van der Waals surface area contributed by atoms with E-state index < -0.39 is 6.09 Å². The molecule has 25 heavy (non-hydrogen) atoms. The van der Waals surface area contributed by atoms with Gasteiger partial charge in [-0.3, -0.25) is 0 Å². The van der Waals surface area contributed by atoms with Crippen LogP contribution in [-0.2, 0) is 0 Å². The summed E-state index contributed by atoms with van der Waals surface area (Å²) in [6.07, 6.45) is 5.74. The van der Waals surface area contributed by atoms with Crippen molar-refractivity contribution in [1.82, 2.24) is 20.2 Å². The van der Waals surface area contributed by atoms with Gasteiger partial charge in [-0.1, -0.05) is 11.8 Å². The SMILES string of the molecule is CSc1nccc(N2CCC(N(C[C@H]3CCNC3)C(=O)O)CC2)n1.Cl. The predicted octanol–water partition coefficient (Wildman–Crippen LogP) is 2.18. The van der Waals surface area contributed by atoms with Crippen molar-refractivity contribution in [2.45, 2.75) is 30.5 Å². The molecule has 2 aliphatic heterocycles. The van der Waals surface area contributed by atoms with E-state index in [-0.39, 0.29) is 18.4 Å². The molecule has 2 aliphatic rings. The number of carboxylic acid groups (broad SMARTS) is 1. The molecule has 0 bridgehead atoms. The van der Waals surface area contributed by atoms with Crippen molar-refractivity contribution < 1.29 is 9.90 Å². The second-order valence-corrected chi connectivity index (χ2v) is 7.19. The van der Waals surface area contributed by atoms with Crippen molar-refractivity contribution in [3.8, 4) is 0 Å². The van der Waals surface area contributed by atoms with Gasteiger partial charge in [-0.25, -0.2) is 14.8 Å². The number of thioether (sulfide) groups is 1. The monoisotopic (exact) mass is 387 g/mol. The highest BCUT2D eigenvalue weighted by molar-refractivity contribution is 7.98. The highest BCUT2D eigenvalue weighted by atomic mass is 35.5. The lowest BCUT2D eigenvalue weighted by Crippen LogP contribution is -2.49. The number of aromatic nitrogens is 2. The second kappa shape index (κ2) is 9.45. The maximum atomic E-state index is 11.7. The fourth-order valence-electron chi connectivity index (χ4n) is 3.54. The Labute approximate surface area is 159 Å². The van der Waals surface area contributed by atoms with E-state index in [1.54, 1.807) is 11.1 Å². The normalized spacial score (nSPS) is 21.0. The summed E-state index contributed by atoms with van der Waals surface area (Å²) >= 11 is 1.53. The van der Waals surface area contributed by atoms with Crippen molar-refractivity contribution in [3.05, 3.63) is 12.3 Å². The van der Waals surface area contributed by atoms with Crippen LogP contribution in [0.1, 0.15) is 19.3 Å². The van der Waals surface area contributed by atoms with Crippen LogP contribution in [0.5, 0.6) is 0 Å². The van der Waals surface area contributed by atoms with Gasteiger partial charge in [-0.15, -0.1) is 12.4 Å². The molecule has 7 nitrogen and oxygen atoms in total. The fraction of sp³-hybridized carbons (Fsp3) is 0.688. The summed E-state index contributed by atoms with van der Waals surface area (Å²) in [5, 5.41) is 13.7. The molecule has 3 rings (SSSR count). The number of amides is 1. The van der Waals surface area contributed by atoms with E-state index in [9.17, 15) is 9.90 Å². The molecule has 140 valence electrons. The van der Waals surface area contributed by atoms with Crippen molar-refractivity contribution in [2.75, 3.05) is 43.9 Å². The third-order valence-corrected chi connectivity index (χ3v) is 5.46. The lowest BCUT2D eigenvalue weighted by Gasteiger charge is -2.38. The van der Waals surface area contributed by atoms with Crippen LogP contribution in [0.2, 0.25) is 0 Å². The minimum atomic E-state index is -0.785. The molecule has 0 aromatic carbocycles. The summed E-state index contributed by atoms with van der Waals surface area (Å²) in [4.78, 5) is 24.3. The number of hydrogen-bond donors (Lipinski definition) is 2. The van der Waals surface area contributed by atoms with E-state index >= 15 is 0 Å². The minimum absolute atomic E-state index is 0. The molecule has 9 heteroatoms. The van der Waals surface area contributed by atoms with Gasteiger partial charge >= 0.3 is 6.09 Å². The zero-order valence-electron chi connectivity index (χ0n) is 14.4. The molecule has 2 saturated heterocycles. The van der Waals surface area contributed by atoms with Crippen molar-refractivity contribution in [1.29, 1.82) is 0 Å². The molecule has 0 unspecified atom stereocenters. The van der Waals surface area contributed by atoms with E-state index in [0.29, 0.717) is 12.5 Å². The maximum Gasteiger partial charge on any atom is 0.407 e. The van der Waals surface area contributed by atoms with Crippen LogP contribution in [0.4, 0.5) is 10.6 Å². The number of piperidine rings is 1. The molecule has 0 saturated carbocycles. The average molecular weight is 388 g/mol. The molecular formula is C16H26ClN5O2S. The predicted molar refractivity (Wildman–Crippen MR) is 102 cm³/mol. The van der Waals surface area contributed by atoms with Crippen LogP contribution in [0.15, 0.2) is 17.4 Å². The van der Waals surface area contributed by atoms with Gasteiger partial charge in [0.2, 0.25) is 0 Å². The Morgan fingerprint density at radius 1 is 1.44 bits per heavy atom. The van der Waals surface area contributed by atoms with Crippen molar-refractivity contribution in [3.63, 3.8) is 0 Å². The number of rotatable bonds is 5. The zero-order valence-corrected chi connectivity index (χ0v) is 16.1. The van der Waals surface area contributed by atoms with Crippen molar-refractivity contribution in [2.24, 2.45) is 5.92 Å². The summed E-state index contributed by atoms with van der Waals surface area (Å²) in [5.74, 6) is 1.39. The van der Waals surface area contributed by atoms with Gasteiger partial charge in [-0.2, -0.15) is 0 Å². The molecule has 2 N–H and O–H groups in total. The van der Waals surface area contributed by atoms with E-state index in [2.05, 4.69) is 20.2 Å². The summed E-state index contributed by atoms with van der Waals surface area (Å²) in [6, 6.07) is 2.04. The zero-order chi connectivity index (χ0) is 16.9. The highest BCUT2D eigenvalue weighted by Crippen LogP contribution is 2.24. The Morgan fingerprint density at radius 3 is 2.80 bits per heavy atom. The molecule has 1 aromatic heterocycles. The van der Waals surface area contributed by atoms with Crippen LogP contribution < -0.4 is 10.2 Å². The molecule has 0 spiro atoms. The summed E-state index contributed by atoms with van der Waals surface area (Å²) in [6.45, 7) is 4.25. The third kappa shape index (κ3) is 5.12. The first-order valence-electron chi connectivity index (χ1n) is 8.49. The van der Waals surface area contributed by atoms with Crippen LogP contribution in [-0.4, -0.2) is 71.1 Å². The molecule has 0 radical (unpaired) electrons. The first-order valence-corrected chi connectivity index (χ1v) is 9.72. The topological polar surface area (TPSA) is 81.6 Å². The fourth-order valence-corrected chi connectivity index (χ4v) is 3.90. The highest BCUT2D eigenvalue weighted by Gasteiger charge is 2.30. The van der Waals surface area contributed by atoms with Crippen LogP contribution in [0.3, 0.4) is 0 Å². The molecule has 1 aromatic rings. The van der Waals surface area contributed by atoms with Gasteiger partial charge in [0.05, 0.1) is 0 Å². The largest absolute Gasteiger partial charge is 0.465 e. The lowest BCUT2D eigenvalue weighted by atomic mass is 10.0. The Hall–Kier alpha value is -1.25. The van der Waals surface area contributed by atoms with Gasteiger partial charge < -0.3 is 20.2 Å². The third-order valence-electron chi connectivity index (χ3n) is 4.89. The Kier molecular flexibility index (Phi) is 7.58. The van der Waals surface area contributed by atoms with Crippen LogP contribution in [0, 0.1) is 5.92 Å². The summed E-state index contributed by atoms with van der Waals surface area (Å²) < 4.78 is 0. The lowest BCUT2D eigenvalue weighted by molar-refractivity contribution is 0.107. The Balaban J connectivity index is 0.00000225. The minimum Gasteiger partial charge on any atom is -0.465 e. The van der Waals surface area contributed by atoms with E-state index in [1.165, 1.54) is 11.8 Å². The van der Waals surface area contributed by atoms with Gasteiger partial charge in [-0.05, 0) is 50.6 Å². The number of hydrogen-bond acceptors (Lipinski definition) is 6. The van der Waals surface area contributed by atoms with Crippen LogP contribution >= 0.6 is 24.2 Å². The quantitative estimate of drug-likeness (QED) is 0.591. The van der Waals surface area contributed by atoms with Crippen molar-refractivity contribution >= 4 is 36.1 Å². The Morgan fingerprint density at radius 2 is 2.20 bits per heavy atom. The first-order chi connectivity index (χ1) is 11.7. The standard InChI is InChI=1S/C16H25N5O2S.ClH/c1-24-15-18-7-3-14(19-15)20-8-4-13(5-9-20)21(16(22)23)11-12-2-6-17-10-12;/h3,7,12-13,17H,2,4-6,8-11H2,1H3,(H,22,23);1H/t12-;/m0./s1. The van der Waals surface area contributed by atoms with Gasteiger partial charge in [0.15, 0.2) is 5.16 Å². The molecular weight excluding hydrogens is 362 g/mol. The smallest absolute Gasteiger partial charge is 0.407 e. The number of nitrogens with zero attached hydrogens (tertiary/aromatic N) is 4. The number of anilines is 1. The second-order valence-electron chi connectivity index (χ2n) is 6.41. The number of nitrogens with one attached hydrogen (secondary N) is 1. The number of halogens is 1. The Bertz CT molecular complexity index is 565. The van der Waals surface area contributed by atoms with E-state index in [1.807, 2.05) is 12.3 Å².